The Morgan fingerprint density at radius 1 is 1.03 bits per heavy atom. The quantitative estimate of drug-likeness (QED) is 0.334. The van der Waals surface area contributed by atoms with Crippen LogP contribution in [-0.4, -0.2) is 39.3 Å². The Labute approximate surface area is 211 Å². The molecule has 1 fully saturated rings. The molecule has 1 atom stereocenters. The number of rotatable bonds is 10. The van der Waals surface area contributed by atoms with E-state index in [-0.39, 0.29) is 12.0 Å². The maximum absolute atomic E-state index is 6.28. The first kappa shape index (κ1) is 24.1. The zero-order chi connectivity index (χ0) is 24.9. The molecule has 0 radical (unpaired) electrons. The lowest BCUT2D eigenvalue weighted by Crippen LogP contribution is -2.12. The predicted octanol–water partition coefficient (Wildman–Crippen LogP) is 5.06. The van der Waals surface area contributed by atoms with Crippen LogP contribution in [0.1, 0.15) is 55.5 Å². The number of benzene rings is 2. The summed E-state index contributed by atoms with van der Waals surface area (Å²) in [7, 11) is 1.67. The number of methoxy groups -OCH3 is 1. The van der Waals surface area contributed by atoms with Gasteiger partial charge in [-0.1, -0.05) is 43.3 Å². The summed E-state index contributed by atoms with van der Waals surface area (Å²) >= 11 is 0. The van der Waals surface area contributed by atoms with Crippen molar-refractivity contribution in [3.8, 4) is 23.0 Å². The lowest BCUT2D eigenvalue weighted by atomic mass is 10.2. The van der Waals surface area contributed by atoms with Crippen LogP contribution in [0.5, 0.6) is 11.5 Å². The van der Waals surface area contributed by atoms with Crippen molar-refractivity contribution in [2.24, 2.45) is 0 Å². The second-order valence-electron chi connectivity index (χ2n) is 9.42. The predicted molar refractivity (Wildman–Crippen MR) is 138 cm³/mol. The molecule has 0 amide bonds. The topological polar surface area (TPSA) is 97.3 Å². The van der Waals surface area contributed by atoms with Crippen molar-refractivity contribution in [1.82, 2.24) is 19.5 Å². The summed E-state index contributed by atoms with van der Waals surface area (Å²) in [5.74, 6) is 3.32. The second-order valence-corrected chi connectivity index (χ2v) is 9.42. The van der Waals surface area contributed by atoms with Gasteiger partial charge in [-0.3, -0.25) is 0 Å². The van der Waals surface area contributed by atoms with Gasteiger partial charge in [-0.25, -0.2) is 15.0 Å². The fraction of sp³-hybridized carbons (Fsp3) is 0.393. The van der Waals surface area contributed by atoms with Crippen LogP contribution in [0.4, 0.5) is 5.82 Å². The summed E-state index contributed by atoms with van der Waals surface area (Å²) in [5, 5.41) is 0. The third-order valence-corrected chi connectivity index (χ3v) is 6.61. The first-order valence-electron chi connectivity index (χ1n) is 12.5. The normalized spacial score (nSPS) is 14.8. The molecule has 188 valence electrons. The van der Waals surface area contributed by atoms with Crippen molar-refractivity contribution in [1.29, 1.82) is 0 Å². The Hall–Kier alpha value is -3.65. The number of imidazole rings is 1. The smallest absolute Gasteiger partial charge is 0.166 e. The molecule has 0 saturated heterocycles. The molecule has 1 saturated carbocycles. The first-order valence-corrected chi connectivity index (χ1v) is 12.5. The standard InChI is InChI=1S/C28H33N5O3/c1-19(16-35-17-20-8-4-3-5-9-20)27-31-25-26(29)30-18-33(28(25)32-27)15-21-12-13-23(34-2)24(14-21)36-22-10-6-7-11-22/h3-5,8-9,12-14,18-19,22H,6-7,10-11,15-17,29H2,1-2H3. The van der Waals surface area contributed by atoms with E-state index < -0.39 is 0 Å². The number of fused-ring (bicyclic) bond motifs is 1. The first-order chi connectivity index (χ1) is 17.6. The van der Waals surface area contributed by atoms with Crippen molar-refractivity contribution in [3.05, 3.63) is 71.8 Å². The molecular formula is C28H33N5O3. The summed E-state index contributed by atoms with van der Waals surface area (Å²) in [6.45, 7) is 3.69. The number of ether oxygens (including phenoxy) is 3. The number of anilines is 1. The molecule has 8 nitrogen and oxygen atoms in total. The van der Waals surface area contributed by atoms with Gasteiger partial charge in [-0.2, -0.15) is 0 Å². The summed E-state index contributed by atoms with van der Waals surface area (Å²) in [4.78, 5) is 13.9. The molecule has 36 heavy (non-hydrogen) atoms. The van der Waals surface area contributed by atoms with Crippen molar-refractivity contribution in [2.45, 2.75) is 57.8 Å². The second kappa shape index (κ2) is 11.0. The molecule has 0 bridgehead atoms. The Balaban J connectivity index is 1.32. The molecule has 2 aromatic carbocycles. The third-order valence-electron chi connectivity index (χ3n) is 6.61. The van der Waals surface area contributed by atoms with Crippen molar-refractivity contribution in [3.63, 3.8) is 0 Å². The number of aromatic nitrogens is 4. The Bertz CT molecular complexity index is 1250. The van der Waals surface area contributed by atoms with Crippen LogP contribution in [0.3, 0.4) is 0 Å². The van der Waals surface area contributed by atoms with Crippen molar-refractivity contribution < 1.29 is 14.2 Å². The lowest BCUT2D eigenvalue weighted by Gasteiger charge is -2.17. The van der Waals surface area contributed by atoms with Gasteiger partial charge in [0.2, 0.25) is 0 Å². The van der Waals surface area contributed by atoms with E-state index in [0.29, 0.717) is 42.9 Å². The number of nitrogens with two attached hydrogens (primary N) is 1. The summed E-state index contributed by atoms with van der Waals surface area (Å²) in [6, 6.07) is 16.2. The van der Waals surface area contributed by atoms with Crippen molar-refractivity contribution in [2.75, 3.05) is 19.5 Å². The molecule has 2 N–H and O–H groups in total. The minimum atomic E-state index is 0.0152. The minimum Gasteiger partial charge on any atom is -0.493 e. The Kier molecular flexibility index (Phi) is 7.32. The Morgan fingerprint density at radius 3 is 2.61 bits per heavy atom. The molecular weight excluding hydrogens is 454 g/mol. The molecule has 1 aliphatic carbocycles. The van der Waals surface area contributed by atoms with Crippen LogP contribution < -0.4 is 15.2 Å². The fourth-order valence-corrected chi connectivity index (χ4v) is 4.60. The average molecular weight is 488 g/mol. The van der Waals surface area contributed by atoms with Gasteiger partial charge in [0, 0.05) is 5.92 Å². The third kappa shape index (κ3) is 5.44. The fourth-order valence-electron chi connectivity index (χ4n) is 4.60. The lowest BCUT2D eigenvalue weighted by molar-refractivity contribution is 0.109. The van der Waals surface area contributed by atoms with E-state index in [0.717, 1.165) is 35.5 Å². The van der Waals surface area contributed by atoms with Crippen LogP contribution in [0, 0.1) is 0 Å². The molecule has 0 spiro atoms. The van der Waals surface area contributed by atoms with Gasteiger partial charge in [-0.05, 0) is 48.9 Å². The Morgan fingerprint density at radius 2 is 1.83 bits per heavy atom. The van der Waals surface area contributed by atoms with Crippen molar-refractivity contribution >= 4 is 5.82 Å². The number of nitrogen functional groups attached to an aromatic ring is 1. The molecule has 3 aliphatic rings. The van der Waals surface area contributed by atoms with Gasteiger partial charge >= 0.3 is 0 Å². The monoisotopic (exact) mass is 487 g/mol. The summed E-state index contributed by atoms with van der Waals surface area (Å²) in [6.07, 6.45) is 6.57. The zero-order valence-electron chi connectivity index (χ0n) is 20.9. The van der Waals surface area contributed by atoms with E-state index in [1.54, 1.807) is 13.4 Å². The summed E-state index contributed by atoms with van der Waals surface area (Å²) in [5.41, 5.74) is 8.98. The largest absolute Gasteiger partial charge is 0.493 e. The highest BCUT2D eigenvalue weighted by Crippen LogP contribution is 2.33. The highest BCUT2D eigenvalue weighted by Gasteiger charge is 2.23. The molecule has 0 aromatic heterocycles. The van der Waals surface area contributed by atoms with Gasteiger partial charge in [0.15, 0.2) is 28.8 Å². The molecule has 2 aromatic rings. The molecule has 5 rings (SSSR count). The number of hydrogen-bond donors (Lipinski definition) is 1. The number of nitrogens with zero attached hydrogens (tertiary/aromatic N) is 4. The van der Waals surface area contributed by atoms with E-state index in [9.17, 15) is 0 Å². The molecule has 8 heteroatoms. The van der Waals surface area contributed by atoms with E-state index in [4.69, 9.17) is 29.9 Å². The van der Waals surface area contributed by atoms with Crippen LogP contribution in [-0.2, 0) is 17.9 Å². The van der Waals surface area contributed by atoms with E-state index in [1.165, 1.54) is 12.8 Å². The number of hydrogen-bond acceptors (Lipinski definition) is 7. The minimum absolute atomic E-state index is 0.0152. The molecule has 2 heterocycles. The zero-order valence-corrected chi connectivity index (χ0v) is 20.9. The van der Waals surface area contributed by atoms with E-state index in [1.807, 2.05) is 41.0 Å². The molecule has 1 unspecified atom stereocenters. The SMILES string of the molecule is COc1ccc(Cn2cnc(N)c3nc(C(C)COCc4ccccc4)nc2-3)cc1OC1CCCC1. The maximum Gasteiger partial charge on any atom is 0.166 e. The highest BCUT2D eigenvalue weighted by atomic mass is 16.5. The van der Waals surface area contributed by atoms with E-state index >= 15 is 0 Å². The van der Waals surface area contributed by atoms with E-state index in [2.05, 4.69) is 24.0 Å². The maximum atomic E-state index is 6.28. The van der Waals surface area contributed by atoms with Crippen LogP contribution in [0.25, 0.3) is 11.5 Å². The van der Waals surface area contributed by atoms with Gasteiger partial charge in [0.1, 0.15) is 5.82 Å². The van der Waals surface area contributed by atoms with Crippen LogP contribution >= 0.6 is 0 Å². The molecule has 2 aliphatic heterocycles. The summed E-state index contributed by atoms with van der Waals surface area (Å²) < 4.78 is 19.7. The van der Waals surface area contributed by atoms with Crippen LogP contribution in [0.15, 0.2) is 54.9 Å². The van der Waals surface area contributed by atoms with Gasteiger partial charge < -0.3 is 24.5 Å². The van der Waals surface area contributed by atoms with Gasteiger partial charge in [0.05, 0.1) is 39.3 Å². The average Bonchev–Trinajstić information content (AvgIpc) is 3.58. The van der Waals surface area contributed by atoms with Gasteiger partial charge in [-0.15, -0.1) is 0 Å². The highest BCUT2D eigenvalue weighted by molar-refractivity contribution is 5.65. The van der Waals surface area contributed by atoms with Gasteiger partial charge in [0.25, 0.3) is 0 Å². The van der Waals surface area contributed by atoms with Crippen LogP contribution in [0.2, 0.25) is 0 Å².